The zero-order valence-corrected chi connectivity index (χ0v) is 13.9. The molecule has 0 fully saturated rings. The van der Waals surface area contributed by atoms with Crippen LogP contribution in [0.1, 0.15) is 36.8 Å². The lowest BCUT2D eigenvalue weighted by atomic mass is 9.92. The highest BCUT2D eigenvalue weighted by atomic mass is 16.2. The number of carbonyl (C=O) groups excluding carboxylic acids is 2. The molecule has 0 aliphatic heterocycles. The normalized spacial score (nSPS) is 11.1. The molecule has 0 saturated carbocycles. The molecule has 0 atom stereocenters. The van der Waals surface area contributed by atoms with E-state index in [-0.39, 0.29) is 18.0 Å². The van der Waals surface area contributed by atoms with E-state index in [0.29, 0.717) is 16.9 Å². The number of hydrogen-bond acceptors (Lipinski definition) is 4. The molecule has 0 bridgehead atoms. The molecule has 2 aromatic rings. The molecule has 2 rings (SSSR count). The van der Waals surface area contributed by atoms with Crippen molar-refractivity contribution >= 4 is 17.5 Å². The van der Waals surface area contributed by atoms with E-state index in [2.05, 4.69) is 10.3 Å². The summed E-state index contributed by atoms with van der Waals surface area (Å²) < 4.78 is 1.32. The summed E-state index contributed by atoms with van der Waals surface area (Å²) in [5.74, 6) is -0.888. The Balaban J connectivity index is 2.13. The third-order valence-electron chi connectivity index (χ3n) is 3.39. The van der Waals surface area contributed by atoms with Gasteiger partial charge in [0.2, 0.25) is 11.8 Å². The van der Waals surface area contributed by atoms with E-state index in [1.165, 1.54) is 29.1 Å². The number of hydrogen-bond donors (Lipinski definition) is 2. The Morgan fingerprint density at radius 3 is 2.38 bits per heavy atom. The van der Waals surface area contributed by atoms with Crippen molar-refractivity contribution in [1.82, 2.24) is 9.55 Å². The van der Waals surface area contributed by atoms with Crippen molar-refractivity contribution in [3.05, 3.63) is 58.3 Å². The zero-order chi connectivity index (χ0) is 17.9. The van der Waals surface area contributed by atoms with Gasteiger partial charge in [-0.1, -0.05) is 20.8 Å². The largest absolute Gasteiger partial charge is 0.366 e. The Morgan fingerprint density at radius 2 is 1.83 bits per heavy atom. The standard InChI is InChI=1S/C17H20N4O3/c1-17(2,3)14-16(24)21(9-8-19-14)10-13(22)20-12-6-4-11(5-7-12)15(18)23/h4-9H,10H2,1-3H3,(H2,18,23)(H,20,22). The molecule has 1 heterocycles. The summed E-state index contributed by atoms with van der Waals surface area (Å²) in [6.07, 6.45) is 2.99. The fourth-order valence-electron chi connectivity index (χ4n) is 2.16. The monoisotopic (exact) mass is 328 g/mol. The van der Waals surface area contributed by atoms with Gasteiger partial charge in [0.25, 0.3) is 5.56 Å². The summed E-state index contributed by atoms with van der Waals surface area (Å²) in [5, 5.41) is 2.67. The molecule has 0 aliphatic rings. The van der Waals surface area contributed by atoms with Gasteiger partial charge in [-0.05, 0) is 24.3 Å². The second-order valence-electron chi connectivity index (χ2n) is 6.45. The van der Waals surface area contributed by atoms with E-state index in [4.69, 9.17) is 5.73 Å². The molecule has 7 nitrogen and oxygen atoms in total. The number of carbonyl (C=O) groups is 2. The number of primary amides is 1. The maximum atomic E-state index is 12.4. The van der Waals surface area contributed by atoms with Crippen LogP contribution in [0, 0.1) is 0 Å². The van der Waals surface area contributed by atoms with Crippen LogP contribution < -0.4 is 16.6 Å². The van der Waals surface area contributed by atoms with Crippen molar-refractivity contribution in [2.45, 2.75) is 32.7 Å². The predicted molar refractivity (Wildman–Crippen MR) is 90.8 cm³/mol. The fraction of sp³-hybridized carbons (Fsp3) is 0.294. The maximum Gasteiger partial charge on any atom is 0.273 e. The summed E-state index contributed by atoms with van der Waals surface area (Å²) >= 11 is 0. The van der Waals surface area contributed by atoms with Crippen molar-refractivity contribution in [2.75, 3.05) is 5.32 Å². The minimum Gasteiger partial charge on any atom is -0.366 e. The number of anilines is 1. The van der Waals surface area contributed by atoms with E-state index in [1.807, 2.05) is 20.8 Å². The number of amides is 2. The zero-order valence-electron chi connectivity index (χ0n) is 13.9. The summed E-state index contributed by atoms with van der Waals surface area (Å²) in [6.45, 7) is 5.55. The number of rotatable bonds is 4. The van der Waals surface area contributed by atoms with Crippen LogP contribution in [0.15, 0.2) is 41.5 Å². The van der Waals surface area contributed by atoms with Crippen LogP contribution in [-0.2, 0) is 16.8 Å². The molecular formula is C17H20N4O3. The molecule has 24 heavy (non-hydrogen) atoms. The molecule has 0 saturated heterocycles. The number of nitrogens with two attached hydrogens (primary N) is 1. The first-order chi connectivity index (χ1) is 11.2. The topological polar surface area (TPSA) is 107 Å². The Labute approximate surface area is 139 Å². The van der Waals surface area contributed by atoms with Gasteiger partial charge in [-0.15, -0.1) is 0 Å². The lowest BCUT2D eigenvalue weighted by Gasteiger charge is -2.17. The van der Waals surface area contributed by atoms with Gasteiger partial charge in [0.05, 0.1) is 0 Å². The average molecular weight is 328 g/mol. The number of nitrogens with zero attached hydrogens (tertiary/aromatic N) is 2. The van der Waals surface area contributed by atoms with Crippen LogP contribution in [0.5, 0.6) is 0 Å². The molecule has 2 amide bonds. The van der Waals surface area contributed by atoms with E-state index in [1.54, 1.807) is 12.1 Å². The molecule has 0 aliphatic carbocycles. The minimum absolute atomic E-state index is 0.123. The van der Waals surface area contributed by atoms with E-state index in [9.17, 15) is 14.4 Å². The highest BCUT2D eigenvalue weighted by molar-refractivity contribution is 5.94. The Bertz CT molecular complexity index is 817. The van der Waals surface area contributed by atoms with Crippen LogP contribution >= 0.6 is 0 Å². The van der Waals surface area contributed by atoms with Crippen LogP contribution in [0.3, 0.4) is 0 Å². The van der Waals surface area contributed by atoms with Gasteiger partial charge in [0.1, 0.15) is 12.2 Å². The lowest BCUT2D eigenvalue weighted by molar-refractivity contribution is -0.116. The molecule has 1 aromatic heterocycles. The molecule has 0 unspecified atom stereocenters. The number of aromatic nitrogens is 2. The highest BCUT2D eigenvalue weighted by Gasteiger charge is 2.21. The second kappa shape index (κ2) is 6.66. The van der Waals surface area contributed by atoms with Crippen molar-refractivity contribution in [3.63, 3.8) is 0 Å². The Hall–Kier alpha value is -2.96. The highest BCUT2D eigenvalue weighted by Crippen LogP contribution is 2.15. The maximum absolute atomic E-state index is 12.4. The third-order valence-corrected chi connectivity index (χ3v) is 3.39. The molecule has 7 heteroatoms. The molecule has 1 aromatic carbocycles. The van der Waals surface area contributed by atoms with Gasteiger partial charge in [-0.3, -0.25) is 19.4 Å². The Kier molecular flexibility index (Phi) is 4.82. The summed E-state index contributed by atoms with van der Waals surface area (Å²) in [7, 11) is 0. The third kappa shape index (κ3) is 4.07. The first-order valence-corrected chi connectivity index (χ1v) is 7.44. The summed E-state index contributed by atoms with van der Waals surface area (Å²) in [6, 6.07) is 6.20. The summed E-state index contributed by atoms with van der Waals surface area (Å²) in [4.78, 5) is 39.7. The summed E-state index contributed by atoms with van der Waals surface area (Å²) in [5.41, 5.74) is 5.75. The molecular weight excluding hydrogens is 308 g/mol. The minimum atomic E-state index is -0.536. The van der Waals surface area contributed by atoms with Gasteiger partial charge in [-0.2, -0.15) is 0 Å². The average Bonchev–Trinajstić information content (AvgIpc) is 2.48. The van der Waals surface area contributed by atoms with Crippen LogP contribution in [0.4, 0.5) is 5.69 Å². The molecule has 126 valence electrons. The van der Waals surface area contributed by atoms with Crippen molar-refractivity contribution in [3.8, 4) is 0 Å². The van der Waals surface area contributed by atoms with Gasteiger partial charge in [-0.25, -0.2) is 0 Å². The molecule has 0 radical (unpaired) electrons. The predicted octanol–water partition coefficient (Wildman–Crippen LogP) is 1.28. The van der Waals surface area contributed by atoms with Crippen molar-refractivity contribution in [1.29, 1.82) is 0 Å². The van der Waals surface area contributed by atoms with E-state index < -0.39 is 11.3 Å². The van der Waals surface area contributed by atoms with E-state index >= 15 is 0 Å². The lowest BCUT2D eigenvalue weighted by Crippen LogP contribution is -2.34. The SMILES string of the molecule is CC(C)(C)c1nccn(CC(=O)Nc2ccc(C(N)=O)cc2)c1=O. The molecule has 3 N–H and O–H groups in total. The van der Waals surface area contributed by atoms with Crippen LogP contribution in [-0.4, -0.2) is 21.4 Å². The number of benzene rings is 1. The van der Waals surface area contributed by atoms with Crippen LogP contribution in [0.2, 0.25) is 0 Å². The first-order valence-electron chi connectivity index (χ1n) is 7.44. The molecule has 0 spiro atoms. The number of nitrogens with one attached hydrogen (secondary N) is 1. The van der Waals surface area contributed by atoms with Gasteiger partial charge < -0.3 is 15.6 Å². The fourth-order valence-corrected chi connectivity index (χ4v) is 2.16. The first kappa shape index (κ1) is 17.4. The van der Waals surface area contributed by atoms with Gasteiger partial charge in [0, 0.05) is 29.1 Å². The van der Waals surface area contributed by atoms with Crippen molar-refractivity contribution < 1.29 is 9.59 Å². The second-order valence-corrected chi connectivity index (χ2v) is 6.45. The van der Waals surface area contributed by atoms with E-state index in [0.717, 1.165) is 0 Å². The Morgan fingerprint density at radius 1 is 1.21 bits per heavy atom. The quantitative estimate of drug-likeness (QED) is 0.881. The smallest absolute Gasteiger partial charge is 0.273 e. The van der Waals surface area contributed by atoms with Gasteiger partial charge in [0.15, 0.2) is 0 Å². The van der Waals surface area contributed by atoms with Gasteiger partial charge >= 0.3 is 0 Å². The van der Waals surface area contributed by atoms with Crippen LogP contribution in [0.25, 0.3) is 0 Å². The van der Waals surface area contributed by atoms with Crippen molar-refractivity contribution in [2.24, 2.45) is 5.73 Å².